The van der Waals surface area contributed by atoms with Crippen molar-refractivity contribution in [3.63, 3.8) is 0 Å². The van der Waals surface area contributed by atoms with Crippen molar-refractivity contribution < 1.29 is 9.59 Å². The molecule has 3 rings (SSSR count). The van der Waals surface area contributed by atoms with E-state index >= 15 is 0 Å². The largest absolute Gasteiger partial charge is 0.361 e. The Morgan fingerprint density at radius 2 is 1.96 bits per heavy atom. The molecule has 6 heteroatoms. The number of H-pyrrole nitrogens is 1. The quantitative estimate of drug-likeness (QED) is 0.636. The van der Waals surface area contributed by atoms with E-state index in [9.17, 15) is 9.59 Å². The van der Waals surface area contributed by atoms with Crippen LogP contribution in [-0.2, 0) is 29.6 Å². The minimum atomic E-state index is -0.618. The number of aromatic amines is 1. The van der Waals surface area contributed by atoms with Crippen LogP contribution >= 0.6 is 0 Å². The molecular weight excluding hydrogens is 328 g/mol. The Labute approximate surface area is 152 Å². The summed E-state index contributed by atoms with van der Waals surface area (Å²) in [6.07, 6.45) is 2.33. The standard InChI is InChI=1S/C20H24N4O2/c1-13-8-9-16(24(13)3)12-22-20(26)19(23-14(2)25)10-15-11-21-18-7-5-4-6-17(15)18/h4-9,11,19,21H,10,12H2,1-3H3,(H,22,26)(H,23,25). The lowest BCUT2D eigenvalue weighted by Gasteiger charge is -2.18. The van der Waals surface area contributed by atoms with E-state index in [0.717, 1.165) is 27.9 Å². The molecule has 0 fully saturated rings. The van der Waals surface area contributed by atoms with Crippen molar-refractivity contribution >= 4 is 22.7 Å². The number of carbonyl (C=O) groups excluding carboxylic acids is 2. The van der Waals surface area contributed by atoms with Crippen molar-refractivity contribution in [2.24, 2.45) is 7.05 Å². The molecule has 3 aromatic rings. The Balaban J connectivity index is 1.73. The molecule has 1 atom stereocenters. The fourth-order valence-corrected chi connectivity index (χ4v) is 3.12. The number of para-hydroxylation sites is 1. The Morgan fingerprint density at radius 3 is 2.65 bits per heavy atom. The van der Waals surface area contributed by atoms with Gasteiger partial charge in [-0.2, -0.15) is 0 Å². The van der Waals surface area contributed by atoms with Crippen LogP contribution in [0.3, 0.4) is 0 Å². The van der Waals surface area contributed by atoms with E-state index in [-0.39, 0.29) is 11.8 Å². The predicted molar refractivity (Wildman–Crippen MR) is 102 cm³/mol. The molecule has 0 aliphatic rings. The number of aromatic nitrogens is 2. The molecule has 6 nitrogen and oxygen atoms in total. The third-order valence-electron chi connectivity index (χ3n) is 4.71. The van der Waals surface area contributed by atoms with Crippen molar-refractivity contribution in [3.05, 3.63) is 59.5 Å². The second-order valence-corrected chi connectivity index (χ2v) is 6.56. The van der Waals surface area contributed by atoms with Crippen LogP contribution in [0.15, 0.2) is 42.6 Å². The van der Waals surface area contributed by atoms with Gasteiger partial charge in [0.25, 0.3) is 0 Å². The first kappa shape index (κ1) is 17.8. The third kappa shape index (κ3) is 3.79. The predicted octanol–water partition coefficient (Wildman–Crippen LogP) is 2.18. The molecule has 0 radical (unpaired) electrons. The summed E-state index contributed by atoms with van der Waals surface area (Å²) in [6, 6.07) is 11.3. The number of nitrogens with zero attached hydrogens (tertiary/aromatic N) is 1. The third-order valence-corrected chi connectivity index (χ3v) is 4.71. The maximum Gasteiger partial charge on any atom is 0.243 e. The summed E-state index contributed by atoms with van der Waals surface area (Å²) in [5, 5.41) is 6.77. The minimum Gasteiger partial charge on any atom is -0.361 e. The molecule has 0 bridgehead atoms. The van der Waals surface area contributed by atoms with E-state index in [1.165, 1.54) is 6.92 Å². The molecule has 1 unspecified atom stereocenters. The van der Waals surface area contributed by atoms with Gasteiger partial charge in [0.15, 0.2) is 0 Å². The Bertz CT molecular complexity index is 938. The average molecular weight is 352 g/mol. The molecule has 2 aromatic heterocycles. The van der Waals surface area contributed by atoms with Gasteiger partial charge in [0, 0.05) is 48.9 Å². The van der Waals surface area contributed by atoms with Crippen LogP contribution in [0.4, 0.5) is 0 Å². The molecule has 0 saturated carbocycles. The zero-order valence-electron chi connectivity index (χ0n) is 15.3. The SMILES string of the molecule is CC(=O)NC(Cc1c[nH]c2ccccc12)C(=O)NCc1ccc(C)n1C. The van der Waals surface area contributed by atoms with Gasteiger partial charge in [0.2, 0.25) is 11.8 Å². The summed E-state index contributed by atoms with van der Waals surface area (Å²) in [6.45, 7) is 3.87. The van der Waals surface area contributed by atoms with Crippen molar-refractivity contribution in [2.45, 2.75) is 32.9 Å². The molecule has 3 N–H and O–H groups in total. The number of hydrogen-bond donors (Lipinski definition) is 3. The molecule has 2 amide bonds. The van der Waals surface area contributed by atoms with Crippen LogP contribution in [0.5, 0.6) is 0 Å². The van der Waals surface area contributed by atoms with Gasteiger partial charge in [-0.3, -0.25) is 9.59 Å². The van der Waals surface area contributed by atoms with E-state index in [0.29, 0.717) is 13.0 Å². The van der Waals surface area contributed by atoms with Gasteiger partial charge in [-0.1, -0.05) is 18.2 Å². The highest BCUT2D eigenvalue weighted by atomic mass is 16.2. The molecule has 1 aromatic carbocycles. The Morgan fingerprint density at radius 1 is 1.19 bits per heavy atom. The average Bonchev–Trinajstić information content (AvgIpc) is 3.16. The second-order valence-electron chi connectivity index (χ2n) is 6.56. The summed E-state index contributed by atoms with van der Waals surface area (Å²) in [5.74, 6) is -0.413. The lowest BCUT2D eigenvalue weighted by Crippen LogP contribution is -2.47. The van der Waals surface area contributed by atoms with E-state index in [1.807, 2.05) is 61.1 Å². The normalized spacial score (nSPS) is 12.1. The fraction of sp³-hybridized carbons (Fsp3) is 0.300. The summed E-state index contributed by atoms with van der Waals surface area (Å²) >= 11 is 0. The lowest BCUT2D eigenvalue weighted by atomic mass is 10.0. The van der Waals surface area contributed by atoms with Crippen LogP contribution < -0.4 is 10.6 Å². The van der Waals surface area contributed by atoms with Gasteiger partial charge in [0.1, 0.15) is 6.04 Å². The van der Waals surface area contributed by atoms with E-state index in [2.05, 4.69) is 15.6 Å². The first-order valence-corrected chi connectivity index (χ1v) is 8.66. The molecule has 0 spiro atoms. The van der Waals surface area contributed by atoms with E-state index in [4.69, 9.17) is 0 Å². The monoisotopic (exact) mass is 352 g/mol. The topological polar surface area (TPSA) is 78.9 Å². The van der Waals surface area contributed by atoms with Crippen molar-refractivity contribution in [1.29, 1.82) is 0 Å². The maximum atomic E-state index is 12.7. The van der Waals surface area contributed by atoms with Crippen LogP contribution in [0, 0.1) is 6.92 Å². The second kappa shape index (κ2) is 7.47. The van der Waals surface area contributed by atoms with E-state index < -0.39 is 6.04 Å². The Kier molecular flexibility index (Phi) is 5.11. The summed E-state index contributed by atoms with van der Waals surface area (Å²) in [4.78, 5) is 27.5. The number of carbonyl (C=O) groups is 2. The fourth-order valence-electron chi connectivity index (χ4n) is 3.12. The maximum absolute atomic E-state index is 12.7. The zero-order valence-corrected chi connectivity index (χ0v) is 15.3. The number of amides is 2. The zero-order chi connectivity index (χ0) is 18.7. The minimum absolute atomic E-state index is 0.190. The van der Waals surface area contributed by atoms with Crippen molar-refractivity contribution in [1.82, 2.24) is 20.2 Å². The molecule has 0 saturated heterocycles. The number of benzene rings is 1. The van der Waals surface area contributed by atoms with Crippen LogP contribution in [0.2, 0.25) is 0 Å². The molecule has 2 heterocycles. The molecule has 0 aliphatic carbocycles. The summed E-state index contributed by atoms with van der Waals surface area (Å²) in [7, 11) is 1.97. The lowest BCUT2D eigenvalue weighted by molar-refractivity contribution is -0.128. The number of rotatable bonds is 6. The smallest absolute Gasteiger partial charge is 0.243 e. The van der Waals surface area contributed by atoms with Gasteiger partial charge < -0.3 is 20.2 Å². The van der Waals surface area contributed by atoms with Crippen LogP contribution in [0.1, 0.15) is 23.9 Å². The van der Waals surface area contributed by atoms with Crippen molar-refractivity contribution in [3.8, 4) is 0 Å². The van der Waals surface area contributed by atoms with Gasteiger partial charge in [-0.15, -0.1) is 0 Å². The highest BCUT2D eigenvalue weighted by molar-refractivity contribution is 5.89. The van der Waals surface area contributed by atoms with Gasteiger partial charge in [0.05, 0.1) is 6.54 Å². The molecule has 0 aliphatic heterocycles. The number of aryl methyl sites for hydroxylation is 1. The highest BCUT2D eigenvalue weighted by Crippen LogP contribution is 2.19. The van der Waals surface area contributed by atoms with Gasteiger partial charge in [-0.05, 0) is 30.7 Å². The van der Waals surface area contributed by atoms with Crippen molar-refractivity contribution in [2.75, 3.05) is 0 Å². The molecule has 26 heavy (non-hydrogen) atoms. The van der Waals surface area contributed by atoms with Crippen LogP contribution in [0.25, 0.3) is 10.9 Å². The summed E-state index contributed by atoms with van der Waals surface area (Å²) in [5.41, 5.74) is 4.17. The first-order valence-electron chi connectivity index (χ1n) is 8.66. The highest BCUT2D eigenvalue weighted by Gasteiger charge is 2.21. The number of fused-ring (bicyclic) bond motifs is 1. The van der Waals surface area contributed by atoms with Crippen LogP contribution in [-0.4, -0.2) is 27.4 Å². The van der Waals surface area contributed by atoms with E-state index in [1.54, 1.807) is 0 Å². The molecule has 136 valence electrons. The molecular formula is C20H24N4O2. The van der Waals surface area contributed by atoms with Gasteiger partial charge >= 0.3 is 0 Å². The first-order chi connectivity index (χ1) is 12.5. The number of hydrogen-bond acceptors (Lipinski definition) is 2. The Hall–Kier alpha value is -3.02. The van der Waals surface area contributed by atoms with Gasteiger partial charge in [-0.25, -0.2) is 0 Å². The number of nitrogens with one attached hydrogen (secondary N) is 3. The summed E-state index contributed by atoms with van der Waals surface area (Å²) < 4.78 is 2.04.